The Balaban J connectivity index is 2.37. The van der Waals surface area contributed by atoms with Crippen LogP contribution >= 0.6 is 11.6 Å². The lowest BCUT2D eigenvalue weighted by molar-refractivity contribution is 1.31. The van der Waals surface area contributed by atoms with Gasteiger partial charge < -0.3 is 0 Å². The fourth-order valence-electron chi connectivity index (χ4n) is 1.29. The molecule has 66 valence electrons. The molecule has 0 saturated carbocycles. The normalized spacial score (nSPS) is 15.5. The van der Waals surface area contributed by atoms with Crippen molar-refractivity contribution in [1.82, 2.24) is 4.98 Å². The van der Waals surface area contributed by atoms with Crippen molar-refractivity contribution in [3.05, 3.63) is 35.1 Å². The van der Waals surface area contributed by atoms with E-state index in [1.54, 1.807) is 6.20 Å². The highest BCUT2D eigenvalue weighted by atomic mass is 35.5. The number of hydrogen-bond acceptors (Lipinski definition) is 2. The summed E-state index contributed by atoms with van der Waals surface area (Å²) in [5.41, 5.74) is 3.18. The molecule has 0 N–H and O–H groups in total. The van der Waals surface area contributed by atoms with Gasteiger partial charge in [0.1, 0.15) is 5.15 Å². The van der Waals surface area contributed by atoms with E-state index in [1.807, 2.05) is 19.1 Å². The number of halogens is 1. The molecule has 2 nitrogen and oxygen atoms in total. The fraction of sp³-hybridized carbons (Fsp3) is 0.200. The molecule has 1 aliphatic heterocycles. The zero-order valence-corrected chi connectivity index (χ0v) is 8.04. The van der Waals surface area contributed by atoms with Gasteiger partial charge in [0.05, 0.1) is 5.70 Å². The van der Waals surface area contributed by atoms with Crippen molar-refractivity contribution >= 4 is 23.0 Å². The molecule has 0 fully saturated rings. The van der Waals surface area contributed by atoms with E-state index in [0.717, 1.165) is 23.4 Å². The summed E-state index contributed by atoms with van der Waals surface area (Å²) in [5, 5.41) is 0.512. The molecule has 0 saturated heterocycles. The Morgan fingerprint density at radius 1 is 1.46 bits per heavy atom. The van der Waals surface area contributed by atoms with Crippen molar-refractivity contribution in [3.63, 3.8) is 0 Å². The first-order valence-corrected chi connectivity index (χ1v) is 4.50. The Hall–Kier alpha value is -1.15. The average molecular weight is 193 g/mol. The van der Waals surface area contributed by atoms with Crippen LogP contribution in [0.25, 0.3) is 5.70 Å². The van der Waals surface area contributed by atoms with E-state index in [4.69, 9.17) is 11.6 Å². The molecule has 2 heterocycles. The number of aliphatic imine (C=N–C) groups is 1. The smallest absolute Gasteiger partial charge is 0.129 e. The van der Waals surface area contributed by atoms with Crippen LogP contribution in [0.2, 0.25) is 5.15 Å². The second-order valence-electron chi connectivity index (χ2n) is 3.01. The van der Waals surface area contributed by atoms with Crippen molar-refractivity contribution in [3.8, 4) is 0 Å². The number of hydrogen-bond donors (Lipinski definition) is 0. The number of allylic oxidation sites excluding steroid dienone is 1. The highest BCUT2D eigenvalue weighted by Gasteiger charge is 2.06. The van der Waals surface area contributed by atoms with Gasteiger partial charge in [0, 0.05) is 23.9 Å². The summed E-state index contributed by atoms with van der Waals surface area (Å²) in [7, 11) is 0. The van der Waals surface area contributed by atoms with Gasteiger partial charge in [-0.2, -0.15) is 0 Å². The van der Waals surface area contributed by atoms with Gasteiger partial charge in [-0.25, -0.2) is 4.98 Å². The van der Waals surface area contributed by atoms with Crippen molar-refractivity contribution in [2.24, 2.45) is 4.99 Å². The second kappa shape index (κ2) is 3.30. The maximum absolute atomic E-state index is 5.77. The van der Waals surface area contributed by atoms with Crippen molar-refractivity contribution in [1.29, 1.82) is 0 Å². The van der Waals surface area contributed by atoms with Gasteiger partial charge in [0.2, 0.25) is 0 Å². The van der Waals surface area contributed by atoms with Gasteiger partial charge in [-0.3, -0.25) is 4.99 Å². The summed E-state index contributed by atoms with van der Waals surface area (Å²) in [4.78, 5) is 8.31. The molecule has 0 aromatic carbocycles. The molecule has 0 aliphatic carbocycles. The quantitative estimate of drug-likeness (QED) is 0.628. The molecule has 0 radical (unpaired) electrons. The molecule has 0 unspecified atom stereocenters. The lowest BCUT2D eigenvalue weighted by Crippen LogP contribution is -1.82. The minimum Gasteiger partial charge on any atom is -0.258 e. The highest BCUT2D eigenvalue weighted by Crippen LogP contribution is 2.23. The number of nitrogens with zero attached hydrogens (tertiary/aromatic N) is 2. The van der Waals surface area contributed by atoms with Crippen LogP contribution in [0.3, 0.4) is 0 Å². The molecule has 1 aromatic rings. The highest BCUT2D eigenvalue weighted by molar-refractivity contribution is 6.29. The Morgan fingerprint density at radius 3 is 2.92 bits per heavy atom. The largest absolute Gasteiger partial charge is 0.258 e. The van der Waals surface area contributed by atoms with Crippen LogP contribution in [-0.2, 0) is 0 Å². The molecule has 0 atom stereocenters. The number of pyridine rings is 1. The van der Waals surface area contributed by atoms with E-state index in [-0.39, 0.29) is 0 Å². The van der Waals surface area contributed by atoms with Gasteiger partial charge in [-0.1, -0.05) is 17.7 Å². The van der Waals surface area contributed by atoms with E-state index >= 15 is 0 Å². The van der Waals surface area contributed by atoms with Crippen LogP contribution in [-0.4, -0.2) is 10.7 Å². The molecular weight excluding hydrogens is 184 g/mol. The lowest BCUT2D eigenvalue weighted by Gasteiger charge is -1.98. The summed E-state index contributed by atoms with van der Waals surface area (Å²) >= 11 is 5.77. The molecule has 1 aromatic heterocycles. The van der Waals surface area contributed by atoms with Crippen LogP contribution in [0, 0.1) is 0 Å². The summed E-state index contributed by atoms with van der Waals surface area (Å²) < 4.78 is 0. The number of rotatable bonds is 1. The number of aromatic nitrogens is 1. The first-order chi connectivity index (χ1) is 6.25. The molecule has 0 spiro atoms. The van der Waals surface area contributed by atoms with Crippen LogP contribution in [0.1, 0.15) is 18.9 Å². The third-order valence-corrected chi connectivity index (χ3v) is 2.13. The Bertz CT molecular complexity index is 394. The molecule has 0 amide bonds. The van der Waals surface area contributed by atoms with Crippen molar-refractivity contribution in [2.45, 2.75) is 13.3 Å². The molecule has 2 rings (SSSR count). The fourth-order valence-corrected chi connectivity index (χ4v) is 1.46. The van der Waals surface area contributed by atoms with Gasteiger partial charge in [-0.15, -0.1) is 0 Å². The summed E-state index contributed by atoms with van der Waals surface area (Å²) in [6, 6.07) is 3.75. The maximum atomic E-state index is 5.77. The summed E-state index contributed by atoms with van der Waals surface area (Å²) in [5.74, 6) is 0. The first kappa shape index (κ1) is 8.45. The molecular formula is C10H9ClN2. The van der Waals surface area contributed by atoms with Gasteiger partial charge in [0.15, 0.2) is 0 Å². The monoisotopic (exact) mass is 192 g/mol. The van der Waals surface area contributed by atoms with Crippen LogP contribution in [0.4, 0.5) is 0 Å². The van der Waals surface area contributed by atoms with Crippen LogP contribution < -0.4 is 0 Å². The third kappa shape index (κ3) is 1.78. The molecule has 1 aliphatic rings. The maximum Gasteiger partial charge on any atom is 0.129 e. The zero-order chi connectivity index (χ0) is 9.26. The van der Waals surface area contributed by atoms with E-state index < -0.39 is 0 Å². The SMILES string of the molecule is CC1=NC(c2ccnc(Cl)c2)=CC1. The molecule has 3 heteroatoms. The van der Waals surface area contributed by atoms with E-state index in [2.05, 4.69) is 16.1 Å². The lowest BCUT2D eigenvalue weighted by atomic mass is 10.2. The minimum atomic E-state index is 0.512. The van der Waals surface area contributed by atoms with E-state index in [0.29, 0.717) is 5.15 Å². The van der Waals surface area contributed by atoms with Crippen molar-refractivity contribution < 1.29 is 0 Å². The Morgan fingerprint density at radius 2 is 2.31 bits per heavy atom. The third-order valence-electron chi connectivity index (χ3n) is 1.92. The van der Waals surface area contributed by atoms with Gasteiger partial charge in [-0.05, 0) is 19.1 Å². The minimum absolute atomic E-state index is 0.512. The molecule has 13 heavy (non-hydrogen) atoms. The van der Waals surface area contributed by atoms with E-state index in [9.17, 15) is 0 Å². The summed E-state index contributed by atoms with van der Waals surface area (Å²) in [6.45, 7) is 2.02. The zero-order valence-electron chi connectivity index (χ0n) is 7.29. The van der Waals surface area contributed by atoms with Gasteiger partial charge in [0.25, 0.3) is 0 Å². The standard InChI is InChI=1S/C10H9ClN2/c1-7-2-3-9(13-7)8-4-5-12-10(11)6-8/h3-6H,2H2,1H3. The predicted octanol–water partition coefficient (Wildman–Crippen LogP) is 2.94. The Labute approximate surface area is 82.0 Å². The predicted molar refractivity (Wildman–Crippen MR) is 55.0 cm³/mol. The van der Waals surface area contributed by atoms with Crippen LogP contribution in [0.5, 0.6) is 0 Å². The van der Waals surface area contributed by atoms with Gasteiger partial charge >= 0.3 is 0 Å². The molecule has 0 bridgehead atoms. The topological polar surface area (TPSA) is 25.2 Å². The average Bonchev–Trinajstić information content (AvgIpc) is 2.52. The summed E-state index contributed by atoms with van der Waals surface area (Å²) in [6.07, 6.45) is 4.73. The van der Waals surface area contributed by atoms with E-state index in [1.165, 1.54) is 0 Å². The second-order valence-corrected chi connectivity index (χ2v) is 3.40. The Kier molecular flexibility index (Phi) is 2.15. The van der Waals surface area contributed by atoms with Crippen LogP contribution in [0.15, 0.2) is 29.4 Å². The van der Waals surface area contributed by atoms with Crippen molar-refractivity contribution in [2.75, 3.05) is 0 Å². The first-order valence-electron chi connectivity index (χ1n) is 4.12.